The topological polar surface area (TPSA) is 58.3 Å². The third-order valence-corrected chi connectivity index (χ3v) is 4.27. The summed E-state index contributed by atoms with van der Waals surface area (Å²) in [4.78, 5) is 13.3. The number of benzene rings is 1. The van der Waals surface area contributed by atoms with Gasteiger partial charge in [0.1, 0.15) is 0 Å². The Hall–Kier alpha value is -2.19. The normalized spacial score (nSPS) is 16.3. The molecular formula is C17H20F3N5. The largest absolute Gasteiger partial charge is 0.416 e. The van der Waals surface area contributed by atoms with Crippen LogP contribution in [0.3, 0.4) is 0 Å². The SMILES string of the molecule is CN1CCN(c2nc(CN)cc(-c3ccc(C(F)(F)F)cc3)n2)CC1. The van der Waals surface area contributed by atoms with Crippen molar-refractivity contribution in [2.45, 2.75) is 12.7 Å². The molecule has 1 aromatic heterocycles. The highest BCUT2D eigenvalue weighted by Crippen LogP contribution is 2.31. The van der Waals surface area contributed by atoms with Crippen molar-refractivity contribution in [1.82, 2.24) is 14.9 Å². The average molecular weight is 351 g/mol. The molecule has 0 radical (unpaired) electrons. The summed E-state index contributed by atoms with van der Waals surface area (Å²) in [7, 11) is 2.06. The first kappa shape index (κ1) is 17.6. The molecule has 0 amide bonds. The van der Waals surface area contributed by atoms with Crippen LogP contribution < -0.4 is 10.6 Å². The number of anilines is 1. The van der Waals surface area contributed by atoms with E-state index in [9.17, 15) is 13.2 Å². The van der Waals surface area contributed by atoms with Crippen LogP contribution in [-0.2, 0) is 12.7 Å². The van der Waals surface area contributed by atoms with E-state index in [2.05, 4.69) is 26.8 Å². The van der Waals surface area contributed by atoms with Crippen molar-refractivity contribution in [2.75, 3.05) is 38.1 Å². The van der Waals surface area contributed by atoms with E-state index < -0.39 is 11.7 Å². The van der Waals surface area contributed by atoms with E-state index in [0.29, 0.717) is 22.9 Å². The maximum Gasteiger partial charge on any atom is 0.416 e. The quantitative estimate of drug-likeness (QED) is 0.920. The number of nitrogens with two attached hydrogens (primary N) is 1. The van der Waals surface area contributed by atoms with Crippen LogP contribution in [-0.4, -0.2) is 48.1 Å². The van der Waals surface area contributed by atoms with Crippen molar-refractivity contribution in [1.29, 1.82) is 0 Å². The van der Waals surface area contributed by atoms with Crippen molar-refractivity contribution in [3.63, 3.8) is 0 Å². The summed E-state index contributed by atoms with van der Waals surface area (Å²) < 4.78 is 38.2. The molecule has 0 saturated carbocycles. The van der Waals surface area contributed by atoms with E-state index >= 15 is 0 Å². The summed E-state index contributed by atoms with van der Waals surface area (Å²) in [6.07, 6.45) is -4.35. The summed E-state index contributed by atoms with van der Waals surface area (Å²) >= 11 is 0. The van der Waals surface area contributed by atoms with Crippen molar-refractivity contribution >= 4 is 5.95 Å². The van der Waals surface area contributed by atoms with Crippen molar-refractivity contribution < 1.29 is 13.2 Å². The van der Waals surface area contributed by atoms with Gasteiger partial charge in [0.05, 0.1) is 17.0 Å². The molecule has 2 aromatic rings. The molecule has 1 aliphatic rings. The molecule has 134 valence electrons. The van der Waals surface area contributed by atoms with E-state index in [4.69, 9.17) is 5.73 Å². The first-order valence-electron chi connectivity index (χ1n) is 8.06. The second-order valence-corrected chi connectivity index (χ2v) is 6.11. The van der Waals surface area contributed by atoms with Crippen LogP contribution in [0.1, 0.15) is 11.3 Å². The fraction of sp³-hybridized carbons (Fsp3) is 0.412. The van der Waals surface area contributed by atoms with Gasteiger partial charge in [-0.05, 0) is 25.2 Å². The van der Waals surface area contributed by atoms with Gasteiger partial charge in [0.15, 0.2) is 0 Å². The molecule has 3 rings (SSSR count). The number of hydrogen-bond acceptors (Lipinski definition) is 5. The lowest BCUT2D eigenvalue weighted by Gasteiger charge is -2.32. The molecular weight excluding hydrogens is 331 g/mol. The number of aromatic nitrogens is 2. The van der Waals surface area contributed by atoms with Crippen LogP contribution in [0.4, 0.5) is 19.1 Å². The van der Waals surface area contributed by atoms with Gasteiger partial charge in [-0.25, -0.2) is 9.97 Å². The fourth-order valence-electron chi connectivity index (χ4n) is 2.71. The highest BCUT2D eigenvalue weighted by molar-refractivity contribution is 5.61. The Morgan fingerprint density at radius 3 is 2.24 bits per heavy atom. The van der Waals surface area contributed by atoms with Crippen LogP contribution >= 0.6 is 0 Å². The van der Waals surface area contributed by atoms with Crippen LogP contribution in [0, 0.1) is 0 Å². The van der Waals surface area contributed by atoms with Gasteiger partial charge in [-0.3, -0.25) is 0 Å². The van der Waals surface area contributed by atoms with E-state index in [1.807, 2.05) is 0 Å². The molecule has 25 heavy (non-hydrogen) atoms. The second-order valence-electron chi connectivity index (χ2n) is 6.11. The number of likely N-dealkylation sites (N-methyl/N-ethyl adjacent to an activating group) is 1. The van der Waals surface area contributed by atoms with E-state index in [-0.39, 0.29) is 6.54 Å². The van der Waals surface area contributed by atoms with Gasteiger partial charge in [-0.1, -0.05) is 12.1 Å². The Bertz CT molecular complexity index is 722. The Labute approximate surface area is 144 Å². The summed E-state index contributed by atoms with van der Waals surface area (Å²) in [5.74, 6) is 0.575. The third-order valence-electron chi connectivity index (χ3n) is 4.27. The Morgan fingerprint density at radius 2 is 1.68 bits per heavy atom. The standard InChI is InChI=1S/C17H20F3N5/c1-24-6-8-25(9-7-24)16-22-14(11-21)10-15(23-16)12-2-4-13(5-3-12)17(18,19)20/h2-5,10H,6-9,11,21H2,1H3. The molecule has 8 heteroatoms. The van der Waals surface area contributed by atoms with Crippen molar-refractivity contribution in [3.8, 4) is 11.3 Å². The molecule has 0 bridgehead atoms. The third kappa shape index (κ3) is 4.08. The number of piperazine rings is 1. The molecule has 1 aromatic carbocycles. The van der Waals surface area contributed by atoms with Gasteiger partial charge in [-0.15, -0.1) is 0 Å². The van der Waals surface area contributed by atoms with Gasteiger partial charge in [0, 0.05) is 38.3 Å². The van der Waals surface area contributed by atoms with Gasteiger partial charge in [0.2, 0.25) is 5.95 Å². The summed E-state index contributed by atoms with van der Waals surface area (Å²) in [5.41, 5.74) is 6.91. The highest BCUT2D eigenvalue weighted by Gasteiger charge is 2.30. The molecule has 0 atom stereocenters. The molecule has 1 fully saturated rings. The van der Waals surface area contributed by atoms with E-state index in [0.717, 1.165) is 38.3 Å². The van der Waals surface area contributed by atoms with Crippen molar-refractivity contribution in [3.05, 3.63) is 41.6 Å². The zero-order valence-corrected chi connectivity index (χ0v) is 13.9. The number of halogens is 3. The van der Waals surface area contributed by atoms with E-state index in [1.165, 1.54) is 12.1 Å². The first-order chi connectivity index (χ1) is 11.9. The minimum absolute atomic E-state index is 0.247. The minimum atomic E-state index is -4.35. The lowest BCUT2D eigenvalue weighted by Crippen LogP contribution is -2.45. The summed E-state index contributed by atoms with van der Waals surface area (Å²) in [6.45, 7) is 3.67. The zero-order valence-electron chi connectivity index (χ0n) is 13.9. The monoisotopic (exact) mass is 351 g/mol. The molecule has 1 saturated heterocycles. The summed E-state index contributed by atoms with van der Waals surface area (Å²) in [5, 5.41) is 0. The van der Waals surface area contributed by atoms with Gasteiger partial charge in [-0.2, -0.15) is 13.2 Å². The second kappa shape index (κ2) is 6.97. The van der Waals surface area contributed by atoms with Crippen LogP contribution in [0.25, 0.3) is 11.3 Å². The number of nitrogens with zero attached hydrogens (tertiary/aromatic N) is 4. The van der Waals surface area contributed by atoms with Gasteiger partial charge < -0.3 is 15.5 Å². The predicted octanol–water partition coefficient (Wildman–Crippen LogP) is 2.37. The smallest absolute Gasteiger partial charge is 0.338 e. The van der Waals surface area contributed by atoms with Crippen LogP contribution in [0.2, 0.25) is 0 Å². The molecule has 2 heterocycles. The molecule has 0 unspecified atom stereocenters. The predicted molar refractivity (Wildman–Crippen MR) is 90.1 cm³/mol. The number of rotatable bonds is 3. The molecule has 2 N–H and O–H groups in total. The molecule has 0 spiro atoms. The first-order valence-corrected chi connectivity index (χ1v) is 8.06. The Kier molecular flexibility index (Phi) is 4.91. The lowest BCUT2D eigenvalue weighted by atomic mass is 10.1. The average Bonchev–Trinajstić information content (AvgIpc) is 2.61. The Morgan fingerprint density at radius 1 is 1.04 bits per heavy atom. The Balaban J connectivity index is 1.92. The molecule has 5 nitrogen and oxygen atoms in total. The van der Waals surface area contributed by atoms with Crippen molar-refractivity contribution in [2.24, 2.45) is 5.73 Å². The maximum atomic E-state index is 12.7. The van der Waals surface area contributed by atoms with E-state index in [1.54, 1.807) is 6.07 Å². The molecule has 1 aliphatic heterocycles. The highest BCUT2D eigenvalue weighted by atomic mass is 19.4. The molecule has 0 aliphatic carbocycles. The fourth-order valence-corrected chi connectivity index (χ4v) is 2.71. The maximum absolute atomic E-state index is 12.7. The number of alkyl halides is 3. The summed E-state index contributed by atoms with van der Waals surface area (Å²) in [6, 6.07) is 6.71. The number of hydrogen-bond donors (Lipinski definition) is 1. The van der Waals surface area contributed by atoms with Crippen LogP contribution in [0.5, 0.6) is 0 Å². The minimum Gasteiger partial charge on any atom is -0.338 e. The van der Waals surface area contributed by atoms with Gasteiger partial charge in [0.25, 0.3) is 0 Å². The lowest BCUT2D eigenvalue weighted by molar-refractivity contribution is -0.137. The van der Waals surface area contributed by atoms with Gasteiger partial charge >= 0.3 is 6.18 Å². The zero-order chi connectivity index (χ0) is 18.0. The van der Waals surface area contributed by atoms with Crippen LogP contribution in [0.15, 0.2) is 30.3 Å².